The zero-order chi connectivity index (χ0) is 11.6. The monoisotopic (exact) mass is 332 g/mol. The maximum atomic E-state index is 4.60. The Morgan fingerprint density at radius 1 is 1.06 bits per heavy atom. The Morgan fingerprint density at radius 3 is 2.06 bits per heavy atom. The van der Waals surface area contributed by atoms with Crippen LogP contribution < -0.4 is 24.0 Å². The molecule has 0 heterocycles. The molecular weight excluding hydrogens is 311 g/mol. The predicted molar refractivity (Wildman–Crippen MR) is 66.2 cm³/mol. The molecule has 0 aliphatic carbocycles. The summed E-state index contributed by atoms with van der Waals surface area (Å²) in [6.07, 6.45) is 0. The number of benzene rings is 1. The number of quaternary nitrogens is 1. The molecule has 0 aromatic heterocycles. The van der Waals surface area contributed by atoms with Crippen molar-refractivity contribution in [2.45, 2.75) is 20.8 Å². The second kappa shape index (κ2) is 5.77. The van der Waals surface area contributed by atoms with Crippen molar-refractivity contribution in [1.29, 1.82) is 0 Å². The molecule has 16 heavy (non-hydrogen) atoms. The Morgan fingerprint density at radius 2 is 1.62 bits per heavy atom. The molecule has 0 bridgehead atoms. The van der Waals surface area contributed by atoms with E-state index in [-0.39, 0.29) is 24.0 Å². The van der Waals surface area contributed by atoms with Crippen molar-refractivity contribution in [3.8, 4) is 0 Å². The van der Waals surface area contributed by atoms with Crippen molar-refractivity contribution >= 4 is 5.71 Å². The Kier molecular flexibility index (Phi) is 5.62. The van der Waals surface area contributed by atoms with Gasteiger partial charge in [0.25, 0.3) is 0 Å². The molecule has 2 nitrogen and oxygen atoms in total. The smallest absolute Gasteiger partial charge is 0.0999 e. The van der Waals surface area contributed by atoms with Crippen molar-refractivity contribution in [1.82, 2.24) is 0 Å². The molecule has 0 unspecified atom stereocenters. The quantitative estimate of drug-likeness (QED) is 0.306. The topological polar surface area (TPSA) is 12.4 Å². The van der Waals surface area contributed by atoms with Gasteiger partial charge in [0.05, 0.1) is 26.9 Å². The first-order valence-corrected chi connectivity index (χ1v) is 5.25. The molecule has 0 aliphatic heterocycles. The van der Waals surface area contributed by atoms with Gasteiger partial charge in [0.1, 0.15) is 0 Å². The van der Waals surface area contributed by atoms with Gasteiger partial charge in [0.2, 0.25) is 0 Å². The fourth-order valence-corrected chi connectivity index (χ4v) is 1.47. The maximum absolute atomic E-state index is 4.60. The van der Waals surface area contributed by atoms with E-state index in [4.69, 9.17) is 0 Å². The molecule has 0 N–H and O–H groups in total. The number of rotatable bonds is 2. The molecule has 0 aliphatic rings. The van der Waals surface area contributed by atoms with E-state index in [0.717, 1.165) is 5.71 Å². The standard InChI is InChI=1S/C13H21N2.HI/c1-10-7-8-13(9-11(10)2)12(3)14-15(4,5)6;/h7-9H,1-6H3;1H/q+1;/p-1. The highest BCUT2D eigenvalue weighted by Crippen LogP contribution is 2.11. The minimum atomic E-state index is 0. The lowest BCUT2D eigenvalue weighted by Crippen LogP contribution is -3.00. The van der Waals surface area contributed by atoms with E-state index < -0.39 is 0 Å². The van der Waals surface area contributed by atoms with Crippen molar-refractivity contribution in [3.05, 3.63) is 34.9 Å². The summed E-state index contributed by atoms with van der Waals surface area (Å²) in [5.41, 5.74) is 4.96. The lowest BCUT2D eigenvalue weighted by molar-refractivity contribution is -0.877. The third-order valence-corrected chi connectivity index (χ3v) is 2.37. The van der Waals surface area contributed by atoms with Crippen molar-refractivity contribution in [3.63, 3.8) is 0 Å². The van der Waals surface area contributed by atoms with E-state index in [2.05, 4.69) is 65.2 Å². The van der Waals surface area contributed by atoms with Gasteiger partial charge in [0, 0.05) is 5.56 Å². The summed E-state index contributed by atoms with van der Waals surface area (Å²) < 4.78 is 0.610. The molecule has 0 saturated carbocycles. The Balaban J connectivity index is 0.00000225. The van der Waals surface area contributed by atoms with Crippen LogP contribution in [0.25, 0.3) is 0 Å². The first-order chi connectivity index (χ1) is 6.79. The van der Waals surface area contributed by atoms with Crippen LogP contribution in [0, 0.1) is 13.8 Å². The van der Waals surface area contributed by atoms with Gasteiger partial charge in [-0.2, -0.15) is 0 Å². The molecule has 0 radical (unpaired) electrons. The van der Waals surface area contributed by atoms with Crippen LogP contribution in [0.3, 0.4) is 0 Å². The fourth-order valence-electron chi connectivity index (χ4n) is 1.47. The van der Waals surface area contributed by atoms with E-state index in [1.807, 2.05) is 0 Å². The summed E-state index contributed by atoms with van der Waals surface area (Å²) in [6.45, 7) is 6.33. The zero-order valence-corrected chi connectivity index (χ0v) is 13.2. The van der Waals surface area contributed by atoms with Gasteiger partial charge in [-0.05, 0) is 38.0 Å². The van der Waals surface area contributed by atoms with Gasteiger partial charge < -0.3 is 24.0 Å². The molecule has 1 rings (SSSR count). The second-order valence-corrected chi connectivity index (χ2v) is 4.93. The van der Waals surface area contributed by atoms with Crippen molar-refractivity contribution in [2.75, 3.05) is 21.1 Å². The van der Waals surface area contributed by atoms with Gasteiger partial charge in [-0.3, -0.25) is 0 Å². The highest BCUT2D eigenvalue weighted by atomic mass is 127. The van der Waals surface area contributed by atoms with Crippen LogP contribution in [0.1, 0.15) is 23.6 Å². The average molecular weight is 332 g/mol. The SMILES string of the molecule is CC(=N[N+](C)(C)C)c1ccc(C)c(C)c1.[I-]. The summed E-state index contributed by atoms with van der Waals surface area (Å²) in [5, 5.41) is 4.60. The number of halogens is 1. The number of hydrogen-bond acceptors (Lipinski definition) is 1. The zero-order valence-electron chi connectivity index (χ0n) is 11.0. The number of aryl methyl sites for hydroxylation is 2. The Labute approximate surface area is 116 Å². The van der Waals surface area contributed by atoms with Gasteiger partial charge in [0.15, 0.2) is 0 Å². The molecular formula is C13H21IN2. The van der Waals surface area contributed by atoms with Crippen LogP contribution >= 0.6 is 0 Å². The highest BCUT2D eigenvalue weighted by molar-refractivity contribution is 5.98. The van der Waals surface area contributed by atoms with Crippen LogP contribution in [-0.4, -0.2) is 31.4 Å². The summed E-state index contributed by atoms with van der Waals surface area (Å²) in [4.78, 5) is 0. The average Bonchev–Trinajstić information content (AvgIpc) is 2.06. The molecule has 90 valence electrons. The third kappa shape index (κ3) is 4.61. The lowest BCUT2D eigenvalue weighted by Gasteiger charge is -2.16. The minimum absolute atomic E-state index is 0. The molecule has 3 heteroatoms. The Bertz CT molecular complexity index is 389. The summed E-state index contributed by atoms with van der Waals surface area (Å²) >= 11 is 0. The van der Waals surface area contributed by atoms with Gasteiger partial charge in [-0.15, -0.1) is 0 Å². The molecule has 0 fully saturated rings. The van der Waals surface area contributed by atoms with Gasteiger partial charge >= 0.3 is 0 Å². The van der Waals surface area contributed by atoms with E-state index in [9.17, 15) is 0 Å². The molecule has 0 atom stereocenters. The lowest BCUT2D eigenvalue weighted by atomic mass is 10.0. The van der Waals surface area contributed by atoms with Crippen molar-refractivity contribution in [2.24, 2.45) is 5.10 Å². The van der Waals surface area contributed by atoms with E-state index in [1.165, 1.54) is 16.7 Å². The molecule has 1 aromatic carbocycles. The maximum Gasteiger partial charge on any atom is 0.0999 e. The largest absolute Gasteiger partial charge is 1.00 e. The summed E-state index contributed by atoms with van der Waals surface area (Å²) in [7, 11) is 6.18. The first kappa shape index (κ1) is 15.6. The van der Waals surface area contributed by atoms with Gasteiger partial charge in [-0.25, -0.2) is 4.59 Å². The van der Waals surface area contributed by atoms with Crippen LogP contribution in [0.2, 0.25) is 0 Å². The predicted octanol–water partition coefficient (Wildman–Crippen LogP) is -0.262. The second-order valence-electron chi connectivity index (χ2n) is 4.93. The van der Waals surface area contributed by atoms with Gasteiger partial charge in [-0.1, -0.05) is 17.2 Å². The molecule has 0 spiro atoms. The minimum Gasteiger partial charge on any atom is -1.00 e. The Hall–Kier alpha value is -0.420. The van der Waals surface area contributed by atoms with Crippen LogP contribution in [-0.2, 0) is 0 Å². The van der Waals surface area contributed by atoms with Crippen LogP contribution in [0.4, 0.5) is 0 Å². The van der Waals surface area contributed by atoms with Crippen LogP contribution in [0.15, 0.2) is 23.3 Å². The first-order valence-electron chi connectivity index (χ1n) is 5.25. The number of nitrogens with zero attached hydrogens (tertiary/aromatic N) is 2. The summed E-state index contributed by atoms with van der Waals surface area (Å²) in [5.74, 6) is 0. The highest BCUT2D eigenvalue weighted by Gasteiger charge is 2.07. The third-order valence-electron chi connectivity index (χ3n) is 2.37. The molecule has 0 amide bonds. The summed E-state index contributed by atoms with van der Waals surface area (Å²) in [6, 6.07) is 6.49. The van der Waals surface area contributed by atoms with Crippen molar-refractivity contribution < 1.29 is 28.6 Å². The normalized spacial score (nSPS) is 12.2. The number of hydrogen-bond donors (Lipinski definition) is 0. The fraction of sp³-hybridized carbons (Fsp3) is 0.462. The molecule has 0 saturated heterocycles. The van der Waals surface area contributed by atoms with E-state index in [1.54, 1.807) is 0 Å². The van der Waals surface area contributed by atoms with Crippen LogP contribution in [0.5, 0.6) is 0 Å². The van der Waals surface area contributed by atoms with E-state index >= 15 is 0 Å². The molecule has 1 aromatic rings. The van der Waals surface area contributed by atoms with E-state index in [0.29, 0.717) is 4.59 Å².